The molecule has 0 saturated heterocycles. The topological polar surface area (TPSA) is 42.2 Å². The van der Waals surface area contributed by atoms with Crippen LogP contribution in [0.25, 0.3) is 11.3 Å². The van der Waals surface area contributed by atoms with Crippen LogP contribution in [0.1, 0.15) is 23.8 Å². The van der Waals surface area contributed by atoms with E-state index in [2.05, 4.69) is 0 Å². The van der Waals surface area contributed by atoms with Crippen molar-refractivity contribution in [1.29, 1.82) is 0 Å². The summed E-state index contributed by atoms with van der Waals surface area (Å²) < 4.78 is 41.4. The number of nitrogens with zero attached hydrogens (tertiary/aromatic N) is 1. The molecule has 0 unspecified atom stereocenters. The number of carboxylic acid groups (broad SMARTS) is 1. The summed E-state index contributed by atoms with van der Waals surface area (Å²) in [6.45, 7) is 2.17. The summed E-state index contributed by atoms with van der Waals surface area (Å²) in [7, 11) is 0. The number of aromatic nitrogens is 1. The summed E-state index contributed by atoms with van der Waals surface area (Å²) in [5.41, 5.74) is 0.0245. The molecule has 3 nitrogen and oxygen atoms in total. The predicted octanol–water partition coefficient (Wildman–Crippen LogP) is 3.68. The van der Waals surface area contributed by atoms with Crippen LogP contribution in [0.3, 0.4) is 0 Å². The van der Waals surface area contributed by atoms with Gasteiger partial charge in [0.1, 0.15) is 11.5 Å². The molecule has 1 N–H and O–H groups in total. The molecule has 0 atom stereocenters. The molecule has 6 heteroatoms. The van der Waals surface area contributed by atoms with E-state index in [0.717, 1.165) is 6.07 Å². The SMILES string of the molecule is CCCn1c(C(=O)O)ccc1-c1cc(F)c(F)cc1F. The molecule has 0 bridgehead atoms. The Kier molecular flexibility index (Phi) is 3.83. The molecule has 1 aromatic heterocycles. The Labute approximate surface area is 113 Å². The molecule has 2 rings (SSSR count). The number of hydrogen-bond donors (Lipinski definition) is 1. The maximum absolute atomic E-state index is 13.8. The van der Waals surface area contributed by atoms with Crippen molar-refractivity contribution in [3.63, 3.8) is 0 Å². The fraction of sp³-hybridized carbons (Fsp3) is 0.214. The first kappa shape index (κ1) is 14.2. The highest BCUT2D eigenvalue weighted by atomic mass is 19.2. The number of carbonyl (C=O) groups is 1. The van der Waals surface area contributed by atoms with Crippen LogP contribution in [0.4, 0.5) is 13.2 Å². The molecule has 0 aliphatic heterocycles. The van der Waals surface area contributed by atoms with Crippen molar-refractivity contribution in [3.8, 4) is 11.3 Å². The zero-order valence-electron chi connectivity index (χ0n) is 10.7. The van der Waals surface area contributed by atoms with Gasteiger partial charge in [0.2, 0.25) is 0 Å². The van der Waals surface area contributed by atoms with E-state index in [9.17, 15) is 18.0 Å². The zero-order valence-corrected chi connectivity index (χ0v) is 10.7. The van der Waals surface area contributed by atoms with Crippen LogP contribution in [0, 0.1) is 17.5 Å². The average molecular weight is 283 g/mol. The number of halogens is 3. The van der Waals surface area contributed by atoms with Crippen LogP contribution in [0.5, 0.6) is 0 Å². The molecule has 1 aromatic carbocycles. The van der Waals surface area contributed by atoms with Gasteiger partial charge in [0.15, 0.2) is 11.6 Å². The Balaban J connectivity index is 2.63. The van der Waals surface area contributed by atoms with E-state index in [0.29, 0.717) is 19.0 Å². The number of carboxylic acids is 1. The second-order valence-corrected chi connectivity index (χ2v) is 4.31. The van der Waals surface area contributed by atoms with Gasteiger partial charge < -0.3 is 9.67 Å². The van der Waals surface area contributed by atoms with Crippen LogP contribution >= 0.6 is 0 Å². The van der Waals surface area contributed by atoms with Gasteiger partial charge in [-0.05, 0) is 24.6 Å². The Morgan fingerprint density at radius 2 is 1.80 bits per heavy atom. The van der Waals surface area contributed by atoms with E-state index in [1.807, 2.05) is 6.92 Å². The summed E-state index contributed by atoms with van der Waals surface area (Å²) >= 11 is 0. The lowest BCUT2D eigenvalue weighted by Gasteiger charge is -2.11. The van der Waals surface area contributed by atoms with E-state index in [1.54, 1.807) is 0 Å². The molecular weight excluding hydrogens is 271 g/mol. The van der Waals surface area contributed by atoms with E-state index >= 15 is 0 Å². The zero-order chi connectivity index (χ0) is 14.9. The molecule has 0 aliphatic rings. The smallest absolute Gasteiger partial charge is 0.352 e. The highest BCUT2D eigenvalue weighted by molar-refractivity contribution is 5.87. The number of benzene rings is 1. The average Bonchev–Trinajstić information content (AvgIpc) is 2.78. The Morgan fingerprint density at radius 3 is 2.40 bits per heavy atom. The lowest BCUT2D eigenvalue weighted by molar-refractivity contribution is 0.0685. The van der Waals surface area contributed by atoms with Gasteiger partial charge in [-0.25, -0.2) is 18.0 Å². The molecule has 1 heterocycles. The van der Waals surface area contributed by atoms with Gasteiger partial charge >= 0.3 is 5.97 Å². The van der Waals surface area contributed by atoms with E-state index in [-0.39, 0.29) is 17.0 Å². The lowest BCUT2D eigenvalue weighted by Crippen LogP contribution is -2.10. The highest BCUT2D eigenvalue weighted by Gasteiger charge is 2.19. The number of rotatable bonds is 4. The van der Waals surface area contributed by atoms with E-state index in [4.69, 9.17) is 5.11 Å². The fourth-order valence-electron chi connectivity index (χ4n) is 2.07. The standard InChI is InChI=1S/C14H12F3NO2/c1-2-5-18-12(3-4-13(18)14(19)20)8-6-10(16)11(17)7-9(8)15/h3-4,6-7H,2,5H2,1H3,(H,19,20). The van der Waals surface area contributed by atoms with Crippen molar-refractivity contribution in [3.05, 3.63) is 47.4 Å². The predicted molar refractivity (Wildman–Crippen MR) is 67.0 cm³/mol. The molecule has 20 heavy (non-hydrogen) atoms. The molecule has 0 fully saturated rings. The second-order valence-electron chi connectivity index (χ2n) is 4.31. The maximum atomic E-state index is 13.8. The number of hydrogen-bond acceptors (Lipinski definition) is 1. The van der Waals surface area contributed by atoms with Crippen molar-refractivity contribution in [2.75, 3.05) is 0 Å². The van der Waals surface area contributed by atoms with Gasteiger partial charge in [-0.3, -0.25) is 0 Å². The molecule has 0 saturated carbocycles. The van der Waals surface area contributed by atoms with Crippen molar-refractivity contribution in [2.45, 2.75) is 19.9 Å². The molecule has 0 aliphatic carbocycles. The molecule has 2 aromatic rings. The normalized spacial score (nSPS) is 10.8. The van der Waals surface area contributed by atoms with Gasteiger partial charge in [0.25, 0.3) is 0 Å². The lowest BCUT2D eigenvalue weighted by atomic mass is 10.1. The summed E-state index contributed by atoms with van der Waals surface area (Å²) in [5.74, 6) is -4.55. The summed E-state index contributed by atoms with van der Waals surface area (Å²) in [5, 5.41) is 9.07. The third kappa shape index (κ3) is 2.41. The third-order valence-electron chi connectivity index (χ3n) is 2.93. The minimum Gasteiger partial charge on any atom is -0.477 e. The molecule has 0 radical (unpaired) electrons. The van der Waals surface area contributed by atoms with Crippen LogP contribution in [-0.4, -0.2) is 15.6 Å². The first-order chi connectivity index (χ1) is 9.45. The summed E-state index contributed by atoms with van der Waals surface area (Å²) in [6, 6.07) is 3.88. The number of aromatic carboxylic acids is 1. The first-order valence-electron chi connectivity index (χ1n) is 6.03. The first-order valence-corrected chi connectivity index (χ1v) is 6.03. The van der Waals surface area contributed by atoms with Crippen LogP contribution in [0.2, 0.25) is 0 Å². The van der Waals surface area contributed by atoms with Gasteiger partial charge in [0, 0.05) is 18.2 Å². The molecule has 0 amide bonds. The van der Waals surface area contributed by atoms with E-state index in [1.165, 1.54) is 16.7 Å². The van der Waals surface area contributed by atoms with Crippen LogP contribution in [-0.2, 0) is 6.54 Å². The van der Waals surface area contributed by atoms with Crippen LogP contribution in [0.15, 0.2) is 24.3 Å². The Morgan fingerprint density at radius 1 is 1.15 bits per heavy atom. The second kappa shape index (κ2) is 5.40. The Bertz CT molecular complexity index is 665. The van der Waals surface area contributed by atoms with Gasteiger partial charge in [-0.15, -0.1) is 0 Å². The van der Waals surface area contributed by atoms with Crippen molar-refractivity contribution < 1.29 is 23.1 Å². The monoisotopic (exact) mass is 283 g/mol. The summed E-state index contributed by atoms with van der Waals surface area (Å²) in [6.07, 6.45) is 0.618. The fourth-order valence-corrected chi connectivity index (χ4v) is 2.07. The summed E-state index contributed by atoms with van der Waals surface area (Å²) in [4.78, 5) is 11.1. The quantitative estimate of drug-likeness (QED) is 0.870. The van der Waals surface area contributed by atoms with Crippen molar-refractivity contribution >= 4 is 5.97 Å². The van der Waals surface area contributed by atoms with Gasteiger partial charge in [-0.2, -0.15) is 0 Å². The van der Waals surface area contributed by atoms with E-state index < -0.39 is 23.4 Å². The third-order valence-corrected chi connectivity index (χ3v) is 2.93. The highest BCUT2D eigenvalue weighted by Crippen LogP contribution is 2.27. The molecular formula is C14H12F3NO2. The minimum absolute atomic E-state index is 0.0222. The van der Waals surface area contributed by atoms with Gasteiger partial charge in [0.05, 0.1) is 5.69 Å². The maximum Gasteiger partial charge on any atom is 0.352 e. The molecule has 106 valence electrons. The van der Waals surface area contributed by atoms with Crippen molar-refractivity contribution in [1.82, 2.24) is 4.57 Å². The van der Waals surface area contributed by atoms with Crippen LogP contribution < -0.4 is 0 Å². The molecule has 0 spiro atoms. The van der Waals surface area contributed by atoms with Crippen molar-refractivity contribution in [2.24, 2.45) is 0 Å². The van der Waals surface area contributed by atoms with Gasteiger partial charge in [-0.1, -0.05) is 6.92 Å². The largest absolute Gasteiger partial charge is 0.477 e. The minimum atomic E-state index is -1.28. The Hall–Kier alpha value is -2.24.